The number of methoxy groups -OCH3 is 1. The summed E-state index contributed by atoms with van der Waals surface area (Å²) >= 11 is 0. The van der Waals surface area contributed by atoms with E-state index in [1.54, 1.807) is 19.2 Å². The highest BCUT2D eigenvalue weighted by atomic mass is 16.5. The second kappa shape index (κ2) is 8.57. The van der Waals surface area contributed by atoms with E-state index in [4.69, 9.17) is 4.74 Å². The Bertz CT molecular complexity index is 1000. The summed E-state index contributed by atoms with van der Waals surface area (Å²) in [6, 6.07) is 7.53. The van der Waals surface area contributed by atoms with Gasteiger partial charge in [-0.25, -0.2) is 4.79 Å². The van der Waals surface area contributed by atoms with Gasteiger partial charge < -0.3 is 20.1 Å². The zero-order valence-electron chi connectivity index (χ0n) is 17.0. The van der Waals surface area contributed by atoms with Crippen molar-refractivity contribution in [2.24, 2.45) is 0 Å². The number of carboxylic acid groups (broad SMARTS) is 1. The van der Waals surface area contributed by atoms with Gasteiger partial charge in [-0.05, 0) is 62.3 Å². The van der Waals surface area contributed by atoms with E-state index in [1.807, 2.05) is 6.07 Å². The smallest absolute Gasteiger partial charge is 0.407 e. The molecule has 0 radical (unpaired) electrons. The minimum Gasteiger partial charge on any atom is -0.496 e. The molecule has 8 heteroatoms. The van der Waals surface area contributed by atoms with Gasteiger partial charge in [-0.1, -0.05) is 0 Å². The van der Waals surface area contributed by atoms with Crippen LogP contribution in [-0.4, -0.2) is 52.5 Å². The van der Waals surface area contributed by atoms with E-state index in [0.717, 1.165) is 66.7 Å². The number of ether oxygens (including phenoxy) is 1. The van der Waals surface area contributed by atoms with Crippen LogP contribution in [0.15, 0.2) is 18.2 Å². The van der Waals surface area contributed by atoms with E-state index in [1.165, 1.54) is 4.90 Å². The van der Waals surface area contributed by atoms with Gasteiger partial charge >= 0.3 is 6.09 Å². The fourth-order valence-corrected chi connectivity index (χ4v) is 4.40. The molecule has 0 spiro atoms. The number of nitriles is 1. The first-order chi connectivity index (χ1) is 14.6. The largest absolute Gasteiger partial charge is 0.496 e. The SMILES string of the molecule is COc1cc(C#N)ccc1-c1nnc(N[C@@H]2CCCN(C(=O)O)C2)c2c1CCCC2. The fraction of sp³-hybridized carbons (Fsp3) is 0.455. The van der Waals surface area contributed by atoms with Gasteiger partial charge in [0.05, 0.1) is 18.7 Å². The number of fused-ring (bicyclic) bond motifs is 1. The molecule has 1 saturated heterocycles. The van der Waals surface area contributed by atoms with Crippen LogP contribution in [0.3, 0.4) is 0 Å². The molecule has 30 heavy (non-hydrogen) atoms. The Labute approximate surface area is 175 Å². The van der Waals surface area contributed by atoms with E-state index >= 15 is 0 Å². The number of nitrogens with zero attached hydrogens (tertiary/aromatic N) is 4. The standard InChI is InChI=1S/C22H25N5O3/c1-30-19-11-14(12-23)8-9-18(19)20-16-6-2-3-7-17(16)21(26-25-20)24-15-5-4-10-27(13-15)22(28)29/h8-9,11,15H,2-7,10,13H2,1H3,(H,24,26)(H,28,29)/t15-/m1/s1. The van der Waals surface area contributed by atoms with Crippen molar-refractivity contribution < 1.29 is 14.6 Å². The molecule has 0 saturated carbocycles. The number of hydrogen-bond acceptors (Lipinski definition) is 6. The van der Waals surface area contributed by atoms with Crippen molar-refractivity contribution in [2.45, 2.75) is 44.6 Å². The lowest BCUT2D eigenvalue weighted by Gasteiger charge is -2.32. The number of nitrogens with one attached hydrogen (secondary N) is 1. The van der Waals surface area contributed by atoms with Crippen molar-refractivity contribution in [3.8, 4) is 23.1 Å². The van der Waals surface area contributed by atoms with E-state index in [0.29, 0.717) is 24.4 Å². The normalized spacial score (nSPS) is 18.3. The summed E-state index contributed by atoms with van der Waals surface area (Å²) < 4.78 is 5.52. The lowest BCUT2D eigenvalue weighted by Crippen LogP contribution is -2.44. The molecule has 1 aromatic heterocycles. The van der Waals surface area contributed by atoms with Crippen LogP contribution in [0, 0.1) is 11.3 Å². The molecular formula is C22H25N5O3. The summed E-state index contributed by atoms with van der Waals surface area (Å²) in [6.07, 6.45) is 4.85. The Kier molecular flexibility index (Phi) is 5.70. The third-order valence-electron chi connectivity index (χ3n) is 5.91. The van der Waals surface area contributed by atoms with Crippen molar-refractivity contribution in [2.75, 3.05) is 25.5 Å². The van der Waals surface area contributed by atoms with Crippen molar-refractivity contribution >= 4 is 11.9 Å². The van der Waals surface area contributed by atoms with Crippen molar-refractivity contribution in [1.82, 2.24) is 15.1 Å². The van der Waals surface area contributed by atoms with Gasteiger partial charge in [0.25, 0.3) is 0 Å². The molecule has 2 aliphatic rings. The summed E-state index contributed by atoms with van der Waals surface area (Å²) in [6.45, 7) is 1.03. The molecule has 1 aromatic carbocycles. The van der Waals surface area contributed by atoms with Gasteiger partial charge in [0.2, 0.25) is 0 Å². The zero-order chi connectivity index (χ0) is 21.1. The average molecular weight is 407 g/mol. The lowest BCUT2D eigenvalue weighted by molar-refractivity contribution is 0.132. The number of piperidine rings is 1. The van der Waals surface area contributed by atoms with Crippen LogP contribution < -0.4 is 10.1 Å². The van der Waals surface area contributed by atoms with Crippen LogP contribution in [0.5, 0.6) is 5.75 Å². The first-order valence-electron chi connectivity index (χ1n) is 10.3. The van der Waals surface area contributed by atoms with E-state index < -0.39 is 6.09 Å². The van der Waals surface area contributed by atoms with Gasteiger partial charge in [-0.3, -0.25) is 0 Å². The number of anilines is 1. The number of rotatable bonds is 4. The highest BCUT2D eigenvalue weighted by molar-refractivity contribution is 5.74. The van der Waals surface area contributed by atoms with E-state index in [-0.39, 0.29) is 6.04 Å². The molecule has 1 amide bonds. The second-order valence-corrected chi connectivity index (χ2v) is 7.80. The molecule has 1 fully saturated rings. The Hall–Kier alpha value is -3.34. The predicted octanol–water partition coefficient (Wildman–Crippen LogP) is 3.46. The highest BCUT2D eigenvalue weighted by Crippen LogP contribution is 2.37. The molecule has 1 aliphatic carbocycles. The Morgan fingerprint density at radius 1 is 1.27 bits per heavy atom. The van der Waals surface area contributed by atoms with Crippen LogP contribution in [0.1, 0.15) is 42.4 Å². The molecule has 1 aliphatic heterocycles. The summed E-state index contributed by atoms with van der Waals surface area (Å²) in [5.74, 6) is 1.37. The Balaban J connectivity index is 1.68. The van der Waals surface area contributed by atoms with Gasteiger partial charge in [0, 0.05) is 30.3 Å². The summed E-state index contributed by atoms with van der Waals surface area (Å²) in [5, 5.41) is 31.0. The zero-order valence-corrected chi connectivity index (χ0v) is 17.0. The average Bonchev–Trinajstić information content (AvgIpc) is 2.79. The lowest BCUT2D eigenvalue weighted by atomic mass is 9.88. The minimum atomic E-state index is -0.877. The molecule has 4 rings (SSSR count). The maximum absolute atomic E-state index is 11.3. The molecule has 0 bridgehead atoms. The predicted molar refractivity (Wildman–Crippen MR) is 112 cm³/mol. The van der Waals surface area contributed by atoms with Crippen LogP contribution >= 0.6 is 0 Å². The fourth-order valence-electron chi connectivity index (χ4n) is 4.40. The van der Waals surface area contributed by atoms with Crippen LogP contribution in [0.25, 0.3) is 11.3 Å². The first kappa shape index (κ1) is 20.0. The van der Waals surface area contributed by atoms with Gasteiger partial charge in [0.15, 0.2) is 5.82 Å². The Morgan fingerprint density at radius 3 is 2.80 bits per heavy atom. The van der Waals surface area contributed by atoms with E-state index in [2.05, 4.69) is 21.6 Å². The maximum Gasteiger partial charge on any atom is 0.407 e. The molecule has 156 valence electrons. The highest BCUT2D eigenvalue weighted by Gasteiger charge is 2.27. The summed E-state index contributed by atoms with van der Waals surface area (Å²) in [4.78, 5) is 12.8. The van der Waals surface area contributed by atoms with Crippen molar-refractivity contribution in [3.63, 3.8) is 0 Å². The number of benzene rings is 1. The molecule has 2 heterocycles. The number of aromatic nitrogens is 2. The molecule has 2 aromatic rings. The molecule has 1 atom stereocenters. The van der Waals surface area contributed by atoms with Gasteiger partial charge in [-0.2, -0.15) is 5.26 Å². The number of hydrogen-bond donors (Lipinski definition) is 2. The van der Waals surface area contributed by atoms with E-state index in [9.17, 15) is 15.2 Å². The third-order valence-corrected chi connectivity index (χ3v) is 5.91. The molecule has 2 N–H and O–H groups in total. The molecule has 8 nitrogen and oxygen atoms in total. The maximum atomic E-state index is 11.3. The number of likely N-dealkylation sites (tertiary alicyclic amines) is 1. The number of carbonyl (C=O) groups is 1. The minimum absolute atomic E-state index is 0.0328. The van der Waals surface area contributed by atoms with Crippen LogP contribution in [0.2, 0.25) is 0 Å². The number of amides is 1. The topological polar surface area (TPSA) is 111 Å². The van der Waals surface area contributed by atoms with Crippen molar-refractivity contribution in [1.29, 1.82) is 5.26 Å². The second-order valence-electron chi connectivity index (χ2n) is 7.80. The van der Waals surface area contributed by atoms with Crippen LogP contribution in [0.4, 0.5) is 10.6 Å². The van der Waals surface area contributed by atoms with Gasteiger partial charge in [0.1, 0.15) is 11.4 Å². The monoisotopic (exact) mass is 407 g/mol. The summed E-state index contributed by atoms with van der Waals surface area (Å²) in [5.41, 5.74) is 4.49. The molecule has 0 unspecified atom stereocenters. The van der Waals surface area contributed by atoms with Gasteiger partial charge in [-0.15, -0.1) is 10.2 Å². The third kappa shape index (κ3) is 3.88. The van der Waals surface area contributed by atoms with Crippen LogP contribution in [-0.2, 0) is 12.8 Å². The first-order valence-corrected chi connectivity index (χ1v) is 10.3. The van der Waals surface area contributed by atoms with Crippen molar-refractivity contribution in [3.05, 3.63) is 34.9 Å². The summed E-state index contributed by atoms with van der Waals surface area (Å²) in [7, 11) is 1.59. The molecular weight excluding hydrogens is 382 g/mol. The quantitative estimate of drug-likeness (QED) is 0.798. The Morgan fingerprint density at radius 2 is 2.07 bits per heavy atom.